The molecular formula is C20H17F2N3O3. The highest BCUT2D eigenvalue weighted by Gasteiger charge is 2.13. The highest BCUT2D eigenvalue weighted by molar-refractivity contribution is 6.00. The van der Waals surface area contributed by atoms with Crippen molar-refractivity contribution in [2.75, 3.05) is 17.2 Å². The molecule has 3 aromatic rings. The van der Waals surface area contributed by atoms with E-state index in [1.54, 1.807) is 36.4 Å². The summed E-state index contributed by atoms with van der Waals surface area (Å²) in [5.74, 6) is -1.88. The van der Waals surface area contributed by atoms with E-state index in [1.807, 2.05) is 0 Å². The Balaban J connectivity index is 1.59. The Hall–Kier alpha value is -3.68. The van der Waals surface area contributed by atoms with Gasteiger partial charge in [-0.1, -0.05) is 12.1 Å². The monoisotopic (exact) mass is 385 g/mol. The molecule has 0 saturated heterocycles. The fourth-order valence-electron chi connectivity index (χ4n) is 2.47. The van der Waals surface area contributed by atoms with Gasteiger partial charge in [0, 0.05) is 11.8 Å². The standard InChI is InChI=1S/C20H17F2N3O3/c21-13-7-8-18(16(22)10-13)25-19(26)12-23-17-6-2-1-5-15(17)20(27)24-11-14-4-3-9-28-14/h1-10,23H,11-12H2,(H,24,27)(H,25,26). The fourth-order valence-corrected chi connectivity index (χ4v) is 2.47. The molecule has 0 bridgehead atoms. The van der Waals surface area contributed by atoms with E-state index in [0.717, 1.165) is 12.1 Å². The molecule has 0 saturated carbocycles. The summed E-state index contributed by atoms with van der Waals surface area (Å²) in [7, 11) is 0. The van der Waals surface area contributed by atoms with Gasteiger partial charge in [-0.3, -0.25) is 9.59 Å². The van der Waals surface area contributed by atoms with Crippen molar-refractivity contribution in [2.24, 2.45) is 0 Å². The third-order valence-electron chi connectivity index (χ3n) is 3.82. The Morgan fingerprint density at radius 1 is 0.964 bits per heavy atom. The molecule has 0 unspecified atom stereocenters. The van der Waals surface area contributed by atoms with Crippen LogP contribution >= 0.6 is 0 Å². The first-order chi connectivity index (χ1) is 13.5. The van der Waals surface area contributed by atoms with E-state index in [-0.39, 0.29) is 24.7 Å². The predicted octanol–water partition coefficient (Wildman–Crippen LogP) is 3.54. The molecule has 0 aliphatic carbocycles. The molecular weight excluding hydrogens is 368 g/mol. The molecule has 0 aliphatic rings. The van der Waals surface area contributed by atoms with Crippen LogP contribution in [0.25, 0.3) is 0 Å². The van der Waals surface area contributed by atoms with Crippen molar-refractivity contribution in [3.63, 3.8) is 0 Å². The van der Waals surface area contributed by atoms with Crippen LogP contribution in [0.2, 0.25) is 0 Å². The Bertz CT molecular complexity index is 975. The molecule has 0 aliphatic heterocycles. The third-order valence-corrected chi connectivity index (χ3v) is 3.82. The molecule has 144 valence electrons. The molecule has 2 amide bonds. The molecule has 0 atom stereocenters. The fraction of sp³-hybridized carbons (Fsp3) is 0.100. The number of para-hydroxylation sites is 1. The Kier molecular flexibility index (Phi) is 6.01. The van der Waals surface area contributed by atoms with Crippen LogP contribution in [0.3, 0.4) is 0 Å². The summed E-state index contributed by atoms with van der Waals surface area (Å²) >= 11 is 0. The van der Waals surface area contributed by atoms with E-state index < -0.39 is 17.5 Å². The van der Waals surface area contributed by atoms with Crippen LogP contribution in [0.4, 0.5) is 20.2 Å². The molecule has 2 aromatic carbocycles. The van der Waals surface area contributed by atoms with Gasteiger partial charge in [-0.05, 0) is 36.4 Å². The maximum Gasteiger partial charge on any atom is 0.253 e. The molecule has 3 rings (SSSR count). The van der Waals surface area contributed by atoms with E-state index in [2.05, 4.69) is 16.0 Å². The number of nitrogens with one attached hydrogen (secondary N) is 3. The first kappa shape index (κ1) is 19.1. The zero-order valence-electron chi connectivity index (χ0n) is 14.7. The molecule has 8 heteroatoms. The molecule has 1 heterocycles. The number of carbonyl (C=O) groups is 2. The van der Waals surface area contributed by atoms with Crippen LogP contribution in [-0.4, -0.2) is 18.4 Å². The van der Waals surface area contributed by atoms with Gasteiger partial charge < -0.3 is 20.4 Å². The Morgan fingerprint density at radius 2 is 1.79 bits per heavy atom. The van der Waals surface area contributed by atoms with Gasteiger partial charge >= 0.3 is 0 Å². The largest absolute Gasteiger partial charge is 0.467 e. The van der Waals surface area contributed by atoms with Crippen molar-refractivity contribution < 1.29 is 22.8 Å². The topological polar surface area (TPSA) is 83.4 Å². The number of hydrogen-bond donors (Lipinski definition) is 3. The number of anilines is 2. The van der Waals surface area contributed by atoms with Gasteiger partial charge in [0.2, 0.25) is 5.91 Å². The number of carbonyl (C=O) groups excluding carboxylic acids is 2. The number of furan rings is 1. The number of rotatable bonds is 7. The Morgan fingerprint density at radius 3 is 2.54 bits per heavy atom. The normalized spacial score (nSPS) is 10.4. The molecule has 0 fully saturated rings. The lowest BCUT2D eigenvalue weighted by Gasteiger charge is -2.12. The van der Waals surface area contributed by atoms with Crippen molar-refractivity contribution in [2.45, 2.75) is 6.54 Å². The van der Waals surface area contributed by atoms with Gasteiger partial charge in [0.1, 0.15) is 17.4 Å². The summed E-state index contributed by atoms with van der Waals surface area (Å²) in [6.45, 7) is 0.0176. The first-order valence-corrected chi connectivity index (χ1v) is 8.41. The van der Waals surface area contributed by atoms with E-state index in [0.29, 0.717) is 23.1 Å². The minimum Gasteiger partial charge on any atom is -0.467 e. The average molecular weight is 385 g/mol. The van der Waals surface area contributed by atoms with Crippen molar-refractivity contribution in [3.05, 3.63) is 83.8 Å². The molecule has 28 heavy (non-hydrogen) atoms. The minimum absolute atomic E-state index is 0.127. The van der Waals surface area contributed by atoms with Crippen molar-refractivity contribution in [1.29, 1.82) is 0 Å². The summed E-state index contributed by atoms with van der Waals surface area (Å²) in [5, 5.41) is 7.91. The number of benzene rings is 2. The van der Waals surface area contributed by atoms with Crippen molar-refractivity contribution >= 4 is 23.2 Å². The van der Waals surface area contributed by atoms with E-state index in [1.165, 1.54) is 6.26 Å². The third kappa shape index (κ3) is 4.94. The average Bonchev–Trinajstić information content (AvgIpc) is 3.20. The van der Waals surface area contributed by atoms with Crippen molar-refractivity contribution in [1.82, 2.24) is 5.32 Å². The lowest BCUT2D eigenvalue weighted by Crippen LogP contribution is -2.26. The molecule has 0 radical (unpaired) electrons. The van der Waals surface area contributed by atoms with Crippen LogP contribution in [0, 0.1) is 11.6 Å². The van der Waals surface area contributed by atoms with E-state index in [9.17, 15) is 18.4 Å². The lowest BCUT2D eigenvalue weighted by atomic mass is 10.1. The van der Waals surface area contributed by atoms with Crippen LogP contribution in [0.5, 0.6) is 0 Å². The Labute approximate surface area is 159 Å². The van der Waals surface area contributed by atoms with Gasteiger partial charge in [0.15, 0.2) is 0 Å². The second-order valence-corrected chi connectivity index (χ2v) is 5.83. The second-order valence-electron chi connectivity index (χ2n) is 5.83. The smallest absolute Gasteiger partial charge is 0.253 e. The lowest BCUT2D eigenvalue weighted by molar-refractivity contribution is -0.114. The van der Waals surface area contributed by atoms with Gasteiger partial charge in [-0.15, -0.1) is 0 Å². The maximum atomic E-state index is 13.6. The molecule has 1 aromatic heterocycles. The van der Waals surface area contributed by atoms with Gasteiger partial charge in [-0.2, -0.15) is 0 Å². The van der Waals surface area contributed by atoms with Gasteiger partial charge in [-0.25, -0.2) is 8.78 Å². The zero-order chi connectivity index (χ0) is 19.9. The summed E-state index contributed by atoms with van der Waals surface area (Å²) in [5.41, 5.74) is 0.654. The first-order valence-electron chi connectivity index (χ1n) is 8.41. The molecule has 3 N–H and O–H groups in total. The van der Waals surface area contributed by atoms with Crippen LogP contribution in [0.1, 0.15) is 16.1 Å². The van der Waals surface area contributed by atoms with E-state index in [4.69, 9.17) is 4.42 Å². The van der Waals surface area contributed by atoms with Gasteiger partial charge in [0.05, 0.1) is 30.6 Å². The quantitative estimate of drug-likeness (QED) is 0.581. The SMILES string of the molecule is O=C(CNc1ccccc1C(=O)NCc1ccco1)Nc1ccc(F)cc1F. The summed E-state index contributed by atoms with van der Waals surface area (Å²) < 4.78 is 31.7. The summed E-state index contributed by atoms with van der Waals surface area (Å²) in [4.78, 5) is 24.4. The summed E-state index contributed by atoms with van der Waals surface area (Å²) in [6.07, 6.45) is 1.51. The highest BCUT2D eigenvalue weighted by atomic mass is 19.1. The molecule has 6 nitrogen and oxygen atoms in total. The van der Waals surface area contributed by atoms with E-state index >= 15 is 0 Å². The zero-order valence-corrected chi connectivity index (χ0v) is 14.7. The molecule has 0 spiro atoms. The number of amides is 2. The number of halogens is 2. The van der Waals surface area contributed by atoms with Crippen LogP contribution in [0.15, 0.2) is 65.3 Å². The van der Waals surface area contributed by atoms with Gasteiger partial charge in [0.25, 0.3) is 5.91 Å². The maximum absolute atomic E-state index is 13.6. The predicted molar refractivity (Wildman–Crippen MR) is 99.8 cm³/mol. The minimum atomic E-state index is -0.869. The summed E-state index contributed by atoms with van der Waals surface area (Å²) in [6, 6.07) is 13.0. The number of hydrogen-bond acceptors (Lipinski definition) is 4. The van der Waals surface area contributed by atoms with Crippen LogP contribution < -0.4 is 16.0 Å². The highest BCUT2D eigenvalue weighted by Crippen LogP contribution is 2.17. The van der Waals surface area contributed by atoms with Crippen molar-refractivity contribution in [3.8, 4) is 0 Å². The van der Waals surface area contributed by atoms with Crippen LogP contribution in [-0.2, 0) is 11.3 Å². The second kappa shape index (κ2) is 8.81.